The molecule has 1 aliphatic rings. The Morgan fingerprint density at radius 2 is 2.20 bits per heavy atom. The second-order valence-corrected chi connectivity index (χ2v) is 5.56. The standard InChI is InChI=1S/C13H22N4O3/c1-4-13(5-2,12(18)19)8-17-11(14-15-16-17)10-6-9(3)20-7-10/h9-10H,4-8H2,1-3H3,(H,18,19). The molecule has 2 unspecified atom stereocenters. The smallest absolute Gasteiger partial charge is 0.311 e. The van der Waals surface area contributed by atoms with Crippen LogP contribution in [0.1, 0.15) is 51.8 Å². The Morgan fingerprint density at radius 3 is 2.70 bits per heavy atom. The van der Waals surface area contributed by atoms with E-state index in [9.17, 15) is 9.90 Å². The maximum atomic E-state index is 11.6. The van der Waals surface area contributed by atoms with Gasteiger partial charge >= 0.3 is 5.97 Å². The Bertz CT molecular complexity index is 470. The number of nitrogens with zero attached hydrogens (tertiary/aromatic N) is 4. The molecule has 0 radical (unpaired) electrons. The zero-order valence-electron chi connectivity index (χ0n) is 12.2. The maximum absolute atomic E-state index is 11.6. The number of hydrogen-bond donors (Lipinski definition) is 1. The molecule has 1 aromatic rings. The van der Waals surface area contributed by atoms with Crippen LogP contribution < -0.4 is 0 Å². The highest BCUT2D eigenvalue weighted by Gasteiger charge is 2.38. The molecule has 2 atom stereocenters. The lowest BCUT2D eigenvalue weighted by molar-refractivity contribution is -0.150. The van der Waals surface area contributed by atoms with Gasteiger partial charge in [0.15, 0.2) is 5.82 Å². The van der Waals surface area contributed by atoms with Gasteiger partial charge in [0.2, 0.25) is 0 Å². The van der Waals surface area contributed by atoms with Crippen LogP contribution in [0.15, 0.2) is 0 Å². The van der Waals surface area contributed by atoms with Crippen LogP contribution in [0, 0.1) is 5.41 Å². The van der Waals surface area contributed by atoms with Crippen molar-refractivity contribution in [2.75, 3.05) is 6.61 Å². The first kappa shape index (κ1) is 14.9. The van der Waals surface area contributed by atoms with Crippen LogP contribution in [0.4, 0.5) is 0 Å². The summed E-state index contributed by atoms with van der Waals surface area (Å²) in [7, 11) is 0. The fraction of sp³-hybridized carbons (Fsp3) is 0.846. The van der Waals surface area contributed by atoms with Crippen LogP contribution in [0.3, 0.4) is 0 Å². The Balaban J connectivity index is 2.21. The molecule has 1 aliphatic heterocycles. The van der Waals surface area contributed by atoms with Gasteiger partial charge in [0.25, 0.3) is 0 Å². The second kappa shape index (κ2) is 5.87. The number of carboxylic acid groups (broad SMARTS) is 1. The zero-order valence-corrected chi connectivity index (χ0v) is 12.2. The Kier molecular flexibility index (Phi) is 4.37. The molecule has 7 nitrogen and oxygen atoms in total. The molecule has 7 heteroatoms. The van der Waals surface area contributed by atoms with E-state index >= 15 is 0 Å². The van der Waals surface area contributed by atoms with Gasteiger partial charge < -0.3 is 9.84 Å². The molecule has 1 saturated heterocycles. The second-order valence-electron chi connectivity index (χ2n) is 5.56. The highest BCUT2D eigenvalue weighted by molar-refractivity contribution is 5.74. The quantitative estimate of drug-likeness (QED) is 0.849. The number of aliphatic carboxylic acids is 1. The average Bonchev–Trinajstić information content (AvgIpc) is 3.04. The van der Waals surface area contributed by atoms with E-state index in [4.69, 9.17) is 4.74 Å². The van der Waals surface area contributed by atoms with E-state index < -0.39 is 11.4 Å². The lowest BCUT2D eigenvalue weighted by atomic mass is 9.82. The van der Waals surface area contributed by atoms with E-state index in [1.807, 2.05) is 20.8 Å². The fourth-order valence-electron chi connectivity index (χ4n) is 2.74. The van der Waals surface area contributed by atoms with Gasteiger partial charge in [0.1, 0.15) is 0 Å². The minimum Gasteiger partial charge on any atom is -0.481 e. The summed E-state index contributed by atoms with van der Waals surface area (Å²) in [6, 6.07) is 0. The van der Waals surface area contributed by atoms with Gasteiger partial charge in [0, 0.05) is 5.92 Å². The van der Waals surface area contributed by atoms with E-state index in [0.29, 0.717) is 26.0 Å². The van der Waals surface area contributed by atoms with Crippen molar-refractivity contribution in [1.29, 1.82) is 0 Å². The topological polar surface area (TPSA) is 90.1 Å². The minimum absolute atomic E-state index is 0.153. The van der Waals surface area contributed by atoms with Gasteiger partial charge in [-0.1, -0.05) is 13.8 Å². The predicted octanol–water partition coefficient (Wildman–Crippen LogP) is 1.46. The normalized spacial score (nSPS) is 23.1. The van der Waals surface area contributed by atoms with E-state index in [0.717, 1.165) is 12.2 Å². The number of ether oxygens (including phenoxy) is 1. The molecule has 0 saturated carbocycles. The van der Waals surface area contributed by atoms with Gasteiger partial charge in [0.05, 0.1) is 24.7 Å². The summed E-state index contributed by atoms with van der Waals surface area (Å²) in [6.07, 6.45) is 2.18. The van der Waals surface area contributed by atoms with E-state index in [1.165, 1.54) is 0 Å². The van der Waals surface area contributed by atoms with Crippen LogP contribution in [-0.4, -0.2) is 44.0 Å². The average molecular weight is 282 g/mol. The summed E-state index contributed by atoms with van der Waals surface area (Å²) in [5.74, 6) is 0.0991. The molecule has 2 rings (SSSR count). The SMILES string of the molecule is CCC(CC)(Cn1nnnc1C1COC(C)C1)C(=O)O. The van der Waals surface area contributed by atoms with Crippen molar-refractivity contribution in [2.24, 2.45) is 5.41 Å². The first-order valence-electron chi connectivity index (χ1n) is 7.13. The Labute approximate surface area is 118 Å². The van der Waals surface area contributed by atoms with Crippen LogP contribution in [0.2, 0.25) is 0 Å². The number of hydrogen-bond acceptors (Lipinski definition) is 5. The van der Waals surface area contributed by atoms with E-state index in [2.05, 4.69) is 15.5 Å². The van der Waals surface area contributed by atoms with Crippen LogP contribution in [0.5, 0.6) is 0 Å². The third-order valence-electron chi connectivity index (χ3n) is 4.38. The molecule has 20 heavy (non-hydrogen) atoms. The number of tetrazole rings is 1. The van der Waals surface area contributed by atoms with E-state index in [1.54, 1.807) is 4.68 Å². The highest BCUT2D eigenvalue weighted by atomic mass is 16.5. The van der Waals surface area contributed by atoms with Crippen LogP contribution >= 0.6 is 0 Å². The monoisotopic (exact) mass is 282 g/mol. The molecule has 0 amide bonds. The third-order valence-corrected chi connectivity index (χ3v) is 4.38. The molecule has 0 aromatic carbocycles. The predicted molar refractivity (Wildman–Crippen MR) is 71.2 cm³/mol. The van der Waals surface area contributed by atoms with Crippen molar-refractivity contribution in [1.82, 2.24) is 20.2 Å². The van der Waals surface area contributed by atoms with Gasteiger partial charge in [-0.15, -0.1) is 5.10 Å². The Morgan fingerprint density at radius 1 is 1.50 bits per heavy atom. The summed E-state index contributed by atoms with van der Waals surface area (Å²) in [6.45, 7) is 6.71. The van der Waals surface area contributed by atoms with Crippen molar-refractivity contribution in [3.8, 4) is 0 Å². The Hall–Kier alpha value is -1.50. The molecule has 0 bridgehead atoms. The first-order valence-corrected chi connectivity index (χ1v) is 7.13. The first-order chi connectivity index (χ1) is 9.52. The molecule has 1 fully saturated rings. The van der Waals surface area contributed by atoms with Crippen molar-refractivity contribution in [3.63, 3.8) is 0 Å². The van der Waals surface area contributed by atoms with Gasteiger partial charge in [-0.3, -0.25) is 4.79 Å². The summed E-state index contributed by atoms with van der Waals surface area (Å²) in [5.41, 5.74) is -0.810. The third kappa shape index (κ3) is 2.67. The largest absolute Gasteiger partial charge is 0.481 e. The molecule has 1 N–H and O–H groups in total. The van der Waals surface area contributed by atoms with Gasteiger partial charge in [-0.05, 0) is 36.6 Å². The molecule has 1 aromatic heterocycles. The summed E-state index contributed by atoms with van der Waals surface area (Å²) >= 11 is 0. The highest BCUT2D eigenvalue weighted by Crippen LogP contribution is 2.32. The minimum atomic E-state index is -0.810. The molecular formula is C13H22N4O3. The number of carbonyl (C=O) groups is 1. The van der Waals surface area contributed by atoms with Crippen LogP contribution in [0.25, 0.3) is 0 Å². The molecule has 0 spiro atoms. The van der Waals surface area contributed by atoms with Crippen LogP contribution in [-0.2, 0) is 16.1 Å². The lowest BCUT2D eigenvalue weighted by Gasteiger charge is -2.26. The lowest BCUT2D eigenvalue weighted by Crippen LogP contribution is -2.35. The summed E-state index contributed by atoms with van der Waals surface area (Å²) < 4.78 is 7.20. The molecule has 0 aliphatic carbocycles. The van der Waals surface area contributed by atoms with E-state index in [-0.39, 0.29) is 12.0 Å². The van der Waals surface area contributed by atoms with Crippen molar-refractivity contribution in [3.05, 3.63) is 5.82 Å². The number of rotatable bonds is 6. The van der Waals surface area contributed by atoms with Gasteiger partial charge in [-0.2, -0.15) is 0 Å². The number of aromatic nitrogens is 4. The summed E-state index contributed by atoms with van der Waals surface area (Å²) in [4.78, 5) is 11.6. The number of carboxylic acids is 1. The molecule has 2 heterocycles. The maximum Gasteiger partial charge on any atom is 0.311 e. The molecular weight excluding hydrogens is 260 g/mol. The molecule has 112 valence electrons. The fourth-order valence-corrected chi connectivity index (χ4v) is 2.74. The van der Waals surface area contributed by atoms with Crippen molar-refractivity contribution >= 4 is 5.97 Å². The van der Waals surface area contributed by atoms with Crippen molar-refractivity contribution in [2.45, 2.75) is 58.6 Å². The summed E-state index contributed by atoms with van der Waals surface area (Å²) in [5, 5.41) is 21.3. The van der Waals surface area contributed by atoms with Gasteiger partial charge in [-0.25, -0.2) is 4.68 Å². The zero-order chi connectivity index (χ0) is 14.8. The van der Waals surface area contributed by atoms with Crippen molar-refractivity contribution < 1.29 is 14.6 Å².